The van der Waals surface area contributed by atoms with Crippen LogP contribution in [-0.2, 0) is 6.61 Å². The largest absolute Gasteiger partial charge is 0.488 e. The molecule has 0 atom stereocenters. The second kappa shape index (κ2) is 6.06. The minimum Gasteiger partial charge on any atom is -0.488 e. The van der Waals surface area contributed by atoms with E-state index in [-0.39, 0.29) is 5.84 Å². The van der Waals surface area contributed by atoms with E-state index in [2.05, 4.69) is 10.1 Å². The van der Waals surface area contributed by atoms with Crippen LogP contribution in [0.2, 0.25) is 0 Å². The van der Waals surface area contributed by atoms with Gasteiger partial charge in [0.25, 0.3) is 0 Å². The van der Waals surface area contributed by atoms with Gasteiger partial charge in [-0.05, 0) is 42.7 Å². The van der Waals surface area contributed by atoms with Crippen LogP contribution in [0.3, 0.4) is 0 Å². The third-order valence-electron chi connectivity index (χ3n) is 2.99. The lowest BCUT2D eigenvalue weighted by Gasteiger charge is -2.12. The zero-order chi connectivity index (χ0) is 14.5. The Morgan fingerprint density at radius 2 is 2.00 bits per heavy atom. The Labute approximate surface area is 117 Å². The molecule has 20 heavy (non-hydrogen) atoms. The molecule has 0 saturated carbocycles. The molecule has 0 fully saturated rings. The number of hydrogen-bond donors (Lipinski definition) is 2. The smallest absolute Gasteiger partial charge is 0.188 e. The molecule has 1 aromatic heterocycles. The number of hydrogen-bond acceptors (Lipinski definition) is 4. The molecular formula is C15H17N3O2. The second-order valence-corrected chi connectivity index (χ2v) is 4.54. The number of para-hydroxylation sites is 1. The van der Waals surface area contributed by atoms with Crippen LogP contribution >= 0.6 is 0 Å². The summed E-state index contributed by atoms with van der Waals surface area (Å²) in [5, 5.41) is 11.6. The van der Waals surface area contributed by atoms with Crippen molar-refractivity contribution in [3.8, 4) is 5.75 Å². The van der Waals surface area contributed by atoms with Crippen LogP contribution in [0.15, 0.2) is 41.7 Å². The van der Waals surface area contributed by atoms with Crippen molar-refractivity contribution in [2.24, 2.45) is 10.9 Å². The topological polar surface area (TPSA) is 80.7 Å². The van der Waals surface area contributed by atoms with Crippen LogP contribution in [0.1, 0.15) is 22.4 Å². The summed E-state index contributed by atoms with van der Waals surface area (Å²) < 4.78 is 5.85. The number of pyridine rings is 1. The summed E-state index contributed by atoms with van der Waals surface area (Å²) in [6.45, 7) is 4.42. The molecule has 0 bridgehead atoms. The normalized spacial score (nSPS) is 11.4. The maximum absolute atomic E-state index is 8.65. The van der Waals surface area contributed by atoms with Crippen LogP contribution in [0.5, 0.6) is 5.75 Å². The van der Waals surface area contributed by atoms with E-state index in [1.54, 1.807) is 12.3 Å². The van der Waals surface area contributed by atoms with Gasteiger partial charge in [0.2, 0.25) is 0 Å². The summed E-state index contributed by atoms with van der Waals surface area (Å²) in [5.41, 5.74) is 9.03. The van der Waals surface area contributed by atoms with Gasteiger partial charge in [-0.15, -0.1) is 0 Å². The standard InChI is InChI=1S/C15H17N3O2/c1-10-4-3-5-11(2)14(10)20-9-12-6-7-17-13(8-12)15(16)18-19/h3-8,19H,9H2,1-2H3,(H2,16,18). The highest BCUT2D eigenvalue weighted by molar-refractivity contribution is 5.95. The molecule has 3 N–H and O–H groups in total. The second-order valence-electron chi connectivity index (χ2n) is 4.54. The minimum absolute atomic E-state index is 0.0149. The lowest BCUT2D eigenvalue weighted by molar-refractivity contribution is 0.301. The lowest BCUT2D eigenvalue weighted by atomic mass is 10.1. The van der Waals surface area contributed by atoms with E-state index in [0.29, 0.717) is 12.3 Å². The Morgan fingerprint density at radius 1 is 1.30 bits per heavy atom. The van der Waals surface area contributed by atoms with Crippen LogP contribution in [-0.4, -0.2) is 16.0 Å². The number of aromatic nitrogens is 1. The molecule has 5 nitrogen and oxygen atoms in total. The van der Waals surface area contributed by atoms with E-state index < -0.39 is 0 Å². The molecule has 0 amide bonds. The van der Waals surface area contributed by atoms with Crippen molar-refractivity contribution < 1.29 is 9.94 Å². The summed E-state index contributed by atoms with van der Waals surface area (Å²) in [4.78, 5) is 4.03. The number of nitrogens with zero attached hydrogens (tertiary/aromatic N) is 2. The van der Waals surface area contributed by atoms with Crippen molar-refractivity contribution in [2.45, 2.75) is 20.5 Å². The van der Waals surface area contributed by atoms with Gasteiger partial charge >= 0.3 is 0 Å². The maximum Gasteiger partial charge on any atom is 0.188 e. The summed E-state index contributed by atoms with van der Waals surface area (Å²) >= 11 is 0. The zero-order valence-electron chi connectivity index (χ0n) is 11.5. The molecule has 0 aliphatic heterocycles. The van der Waals surface area contributed by atoms with Gasteiger partial charge in [-0.2, -0.15) is 0 Å². The van der Waals surface area contributed by atoms with Gasteiger partial charge < -0.3 is 15.7 Å². The van der Waals surface area contributed by atoms with Gasteiger partial charge in [0.05, 0.1) is 0 Å². The molecule has 5 heteroatoms. The molecule has 0 spiro atoms. The van der Waals surface area contributed by atoms with E-state index in [9.17, 15) is 0 Å². The average molecular weight is 271 g/mol. The van der Waals surface area contributed by atoms with Crippen molar-refractivity contribution in [1.82, 2.24) is 4.98 Å². The molecule has 0 aliphatic carbocycles. The van der Waals surface area contributed by atoms with E-state index in [1.807, 2.05) is 38.1 Å². The van der Waals surface area contributed by atoms with Gasteiger partial charge in [0, 0.05) is 6.20 Å². The predicted molar refractivity (Wildman–Crippen MR) is 77.0 cm³/mol. The first-order valence-electron chi connectivity index (χ1n) is 6.23. The Kier molecular flexibility index (Phi) is 4.20. The van der Waals surface area contributed by atoms with Crippen molar-refractivity contribution in [3.63, 3.8) is 0 Å². The van der Waals surface area contributed by atoms with Crippen LogP contribution in [0.4, 0.5) is 0 Å². The van der Waals surface area contributed by atoms with Gasteiger partial charge in [0.1, 0.15) is 18.1 Å². The van der Waals surface area contributed by atoms with Gasteiger partial charge in [-0.25, -0.2) is 0 Å². The number of oxime groups is 1. The first-order chi connectivity index (χ1) is 9.61. The fourth-order valence-electron chi connectivity index (χ4n) is 1.94. The molecule has 2 rings (SSSR count). The number of benzene rings is 1. The molecule has 104 valence electrons. The first kappa shape index (κ1) is 13.9. The highest BCUT2D eigenvalue weighted by Crippen LogP contribution is 2.23. The summed E-state index contributed by atoms with van der Waals surface area (Å²) in [7, 11) is 0. The summed E-state index contributed by atoms with van der Waals surface area (Å²) in [5.74, 6) is 0.869. The van der Waals surface area contributed by atoms with Gasteiger partial charge in [-0.3, -0.25) is 4.98 Å². The lowest BCUT2D eigenvalue weighted by Crippen LogP contribution is -2.15. The Morgan fingerprint density at radius 3 is 2.65 bits per heavy atom. The van der Waals surface area contributed by atoms with Gasteiger partial charge in [0.15, 0.2) is 5.84 Å². The first-order valence-corrected chi connectivity index (χ1v) is 6.23. The molecule has 0 saturated heterocycles. The molecule has 1 heterocycles. The predicted octanol–water partition coefficient (Wildman–Crippen LogP) is 2.37. The molecule has 1 aromatic carbocycles. The highest BCUT2D eigenvalue weighted by Gasteiger charge is 2.06. The van der Waals surface area contributed by atoms with E-state index in [4.69, 9.17) is 15.7 Å². The molecular weight excluding hydrogens is 254 g/mol. The van der Waals surface area contributed by atoms with E-state index in [1.165, 1.54) is 0 Å². The Hall–Kier alpha value is -2.56. The van der Waals surface area contributed by atoms with E-state index >= 15 is 0 Å². The van der Waals surface area contributed by atoms with Crippen LogP contribution < -0.4 is 10.5 Å². The van der Waals surface area contributed by atoms with Crippen molar-refractivity contribution in [1.29, 1.82) is 0 Å². The van der Waals surface area contributed by atoms with E-state index in [0.717, 1.165) is 22.4 Å². The fraction of sp³-hybridized carbons (Fsp3) is 0.200. The van der Waals surface area contributed by atoms with Crippen LogP contribution in [0.25, 0.3) is 0 Å². The molecule has 0 radical (unpaired) electrons. The highest BCUT2D eigenvalue weighted by atomic mass is 16.5. The molecule has 0 unspecified atom stereocenters. The number of amidine groups is 1. The fourth-order valence-corrected chi connectivity index (χ4v) is 1.94. The number of aryl methyl sites for hydroxylation is 2. The third-order valence-corrected chi connectivity index (χ3v) is 2.99. The number of ether oxygens (including phenoxy) is 1. The van der Waals surface area contributed by atoms with Crippen LogP contribution in [0, 0.1) is 13.8 Å². The molecule has 0 aliphatic rings. The SMILES string of the molecule is Cc1cccc(C)c1OCc1ccnc(C(N)=NO)c1. The Bertz CT molecular complexity index is 619. The number of nitrogens with two attached hydrogens (primary N) is 1. The van der Waals surface area contributed by atoms with Crippen molar-refractivity contribution >= 4 is 5.84 Å². The minimum atomic E-state index is -0.0149. The Balaban J connectivity index is 2.15. The average Bonchev–Trinajstić information content (AvgIpc) is 2.46. The maximum atomic E-state index is 8.65. The van der Waals surface area contributed by atoms with Gasteiger partial charge in [-0.1, -0.05) is 23.4 Å². The summed E-state index contributed by atoms with van der Waals surface area (Å²) in [6, 6.07) is 9.60. The monoisotopic (exact) mass is 271 g/mol. The number of rotatable bonds is 4. The third kappa shape index (κ3) is 3.06. The van der Waals surface area contributed by atoms with Crippen molar-refractivity contribution in [2.75, 3.05) is 0 Å². The summed E-state index contributed by atoms with van der Waals surface area (Å²) in [6.07, 6.45) is 1.61. The van der Waals surface area contributed by atoms with Crippen molar-refractivity contribution in [3.05, 3.63) is 58.9 Å². The zero-order valence-corrected chi connectivity index (χ0v) is 11.5. The quantitative estimate of drug-likeness (QED) is 0.387. The molecule has 2 aromatic rings.